The van der Waals surface area contributed by atoms with Crippen LogP contribution in [0.15, 0.2) is 29.4 Å². The van der Waals surface area contributed by atoms with E-state index in [2.05, 4.69) is 5.10 Å². The molecule has 0 saturated heterocycles. The minimum absolute atomic E-state index is 0.0845. The van der Waals surface area contributed by atoms with Crippen LogP contribution in [0.1, 0.15) is 30.6 Å². The third-order valence-corrected chi connectivity index (χ3v) is 3.88. The van der Waals surface area contributed by atoms with Crippen LogP contribution in [0.2, 0.25) is 0 Å². The van der Waals surface area contributed by atoms with Crippen LogP contribution in [-0.4, -0.2) is 61.1 Å². The van der Waals surface area contributed by atoms with E-state index in [1.807, 2.05) is 31.0 Å². The van der Waals surface area contributed by atoms with Crippen molar-refractivity contribution < 1.29 is 9.59 Å². The molecule has 1 heterocycles. The molecule has 0 atom stereocenters. The van der Waals surface area contributed by atoms with Crippen molar-refractivity contribution in [2.75, 3.05) is 38.7 Å². The molecule has 124 valence electrons. The van der Waals surface area contributed by atoms with Gasteiger partial charge in [0.1, 0.15) is 0 Å². The molecule has 1 aromatic carbocycles. The second kappa shape index (κ2) is 7.26. The van der Waals surface area contributed by atoms with Gasteiger partial charge in [0, 0.05) is 44.9 Å². The molecule has 1 aromatic rings. The number of carbonyl (C=O) groups is 2. The highest BCUT2D eigenvalue weighted by Gasteiger charge is 2.19. The number of rotatable bonds is 5. The Labute approximate surface area is 137 Å². The van der Waals surface area contributed by atoms with Gasteiger partial charge in [0.15, 0.2) is 0 Å². The lowest BCUT2D eigenvalue weighted by atomic mass is 10.1. The van der Waals surface area contributed by atoms with Gasteiger partial charge in [0.25, 0.3) is 5.91 Å². The molecule has 6 nitrogen and oxygen atoms in total. The van der Waals surface area contributed by atoms with Gasteiger partial charge >= 0.3 is 0 Å². The van der Waals surface area contributed by atoms with E-state index >= 15 is 0 Å². The first-order chi connectivity index (χ1) is 10.9. The maximum absolute atomic E-state index is 12.5. The van der Waals surface area contributed by atoms with E-state index in [0.717, 1.165) is 24.4 Å². The number of benzene rings is 1. The minimum atomic E-state index is -0.129. The topological polar surface area (TPSA) is 56.2 Å². The maximum atomic E-state index is 12.5. The molecule has 2 amide bonds. The largest absolute Gasteiger partial charge is 0.347 e. The van der Waals surface area contributed by atoms with E-state index in [1.54, 1.807) is 31.1 Å². The van der Waals surface area contributed by atoms with Gasteiger partial charge in [-0.05, 0) is 38.1 Å². The molecule has 1 aliphatic rings. The molecule has 0 saturated carbocycles. The average Bonchev–Trinajstić information content (AvgIpc) is 2.98. The van der Waals surface area contributed by atoms with Crippen molar-refractivity contribution in [3.63, 3.8) is 0 Å². The third kappa shape index (κ3) is 4.09. The highest BCUT2D eigenvalue weighted by molar-refractivity contribution is 5.96. The highest BCUT2D eigenvalue weighted by atomic mass is 16.2. The third-order valence-electron chi connectivity index (χ3n) is 3.88. The van der Waals surface area contributed by atoms with Crippen LogP contribution in [0, 0.1) is 0 Å². The lowest BCUT2D eigenvalue weighted by molar-refractivity contribution is -0.129. The zero-order chi connectivity index (χ0) is 17.0. The Morgan fingerprint density at radius 2 is 1.87 bits per heavy atom. The molecule has 0 aromatic heterocycles. The lowest BCUT2D eigenvalue weighted by Gasteiger charge is -2.22. The summed E-state index contributed by atoms with van der Waals surface area (Å²) in [7, 11) is 3.38. The number of nitrogens with zero attached hydrogens (tertiary/aromatic N) is 4. The predicted molar refractivity (Wildman–Crippen MR) is 91.8 cm³/mol. The van der Waals surface area contributed by atoms with Crippen LogP contribution in [0.4, 0.5) is 5.69 Å². The van der Waals surface area contributed by atoms with Crippen LogP contribution >= 0.6 is 0 Å². The Morgan fingerprint density at radius 1 is 1.22 bits per heavy atom. The number of amides is 2. The SMILES string of the molecule is CCN(CC(=O)N(C)C)C(=O)c1ccc(N2CCC(C)=N2)cc1. The molecule has 0 aliphatic carbocycles. The maximum Gasteiger partial charge on any atom is 0.254 e. The number of hydrogen-bond acceptors (Lipinski definition) is 4. The second-order valence-corrected chi connectivity index (χ2v) is 5.86. The Kier molecular flexibility index (Phi) is 5.36. The molecule has 2 rings (SSSR count). The minimum Gasteiger partial charge on any atom is -0.347 e. The van der Waals surface area contributed by atoms with Gasteiger partial charge < -0.3 is 9.80 Å². The molecule has 0 radical (unpaired) electrons. The first-order valence-electron chi connectivity index (χ1n) is 7.83. The van der Waals surface area contributed by atoms with Gasteiger partial charge in [-0.3, -0.25) is 14.6 Å². The number of hydrazone groups is 1. The first-order valence-corrected chi connectivity index (χ1v) is 7.83. The Hall–Kier alpha value is -2.37. The summed E-state index contributed by atoms with van der Waals surface area (Å²) in [5, 5.41) is 6.39. The van der Waals surface area contributed by atoms with Gasteiger partial charge in [-0.2, -0.15) is 5.10 Å². The summed E-state index contributed by atoms with van der Waals surface area (Å²) in [5.74, 6) is -0.214. The average molecular weight is 316 g/mol. The van der Waals surface area contributed by atoms with Crippen molar-refractivity contribution in [1.29, 1.82) is 0 Å². The van der Waals surface area contributed by atoms with Crippen molar-refractivity contribution in [3.05, 3.63) is 29.8 Å². The number of hydrogen-bond donors (Lipinski definition) is 0. The summed E-state index contributed by atoms with van der Waals surface area (Å²) in [5.41, 5.74) is 2.68. The standard InChI is InChI=1S/C17H24N4O2/c1-5-20(12-16(22)19(3)4)17(23)14-6-8-15(9-7-14)21-11-10-13(2)18-21/h6-9H,5,10-12H2,1-4H3. The van der Waals surface area contributed by atoms with E-state index in [0.29, 0.717) is 12.1 Å². The Balaban J connectivity index is 2.08. The fourth-order valence-electron chi connectivity index (χ4n) is 2.35. The van der Waals surface area contributed by atoms with E-state index in [4.69, 9.17) is 0 Å². The molecule has 23 heavy (non-hydrogen) atoms. The van der Waals surface area contributed by atoms with Crippen LogP contribution < -0.4 is 5.01 Å². The molecule has 0 fully saturated rings. The fourth-order valence-corrected chi connectivity index (χ4v) is 2.35. The van der Waals surface area contributed by atoms with Crippen molar-refractivity contribution in [2.45, 2.75) is 20.3 Å². The molecular formula is C17H24N4O2. The fraction of sp³-hybridized carbons (Fsp3) is 0.471. The smallest absolute Gasteiger partial charge is 0.254 e. The van der Waals surface area contributed by atoms with Crippen LogP contribution in [0.5, 0.6) is 0 Å². The summed E-state index contributed by atoms with van der Waals surface area (Å²) in [6.07, 6.45) is 0.969. The first kappa shape index (κ1) is 17.0. The van der Waals surface area contributed by atoms with Gasteiger partial charge in [-0.15, -0.1) is 0 Å². The predicted octanol–water partition coefficient (Wildman–Crippen LogP) is 1.82. The van der Waals surface area contributed by atoms with Crippen LogP contribution in [-0.2, 0) is 4.79 Å². The van der Waals surface area contributed by atoms with E-state index in [-0.39, 0.29) is 18.4 Å². The molecule has 0 unspecified atom stereocenters. The second-order valence-electron chi connectivity index (χ2n) is 5.86. The Bertz CT molecular complexity index is 608. The highest BCUT2D eigenvalue weighted by Crippen LogP contribution is 2.20. The summed E-state index contributed by atoms with van der Waals surface area (Å²) < 4.78 is 0. The number of anilines is 1. The van der Waals surface area contributed by atoms with Gasteiger partial charge in [0.2, 0.25) is 5.91 Å². The van der Waals surface area contributed by atoms with Crippen LogP contribution in [0.3, 0.4) is 0 Å². The summed E-state index contributed by atoms with van der Waals surface area (Å²) >= 11 is 0. The quantitative estimate of drug-likeness (QED) is 0.832. The van der Waals surface area contributed by atoms with Gasteiger partial charge in [0.05, 0.1) is 12.2 Å². The molecule has 0 N–H and O–H groups in total. The zero-order valence-corrected chi connectivity index (χ0v) is 14.2. The number of carbonyl (C=O) groups excluding carboxylic acids is 2. The van der Waals surface area contributed by atoms with Crippen molar-refractivity contribution in [1.82, 2.24) is 9.80 Å². The zero-order valence-electron chi connectivity index (χ0n) is 14.2. The monoisotopic (exact) mass is 316 g/mol. The lowest BCUT2D eigenvalue weighted by Crippen LogP contribution is -2.40. The molecule has 6 heteroatoms. The van der Waals surface area contributed by atoms with Gasteiger partial charge in [-0.25, -0.2) is 0 Å². The molecular weight excluding hydrogens is 292 g/mol. The van der Waals surface area contributed by atoms with Crippen molar-refractivity contribution in [3.8, 4) is 0 Å². The molecule has 1 aliphatic heterocycles. The molecule has 0 spiro atoms. The normalized spacial score (nSPS) is 13.7. The van der Waals surface area contributed by atoms with E-state index in [1.165, 1.54) is 4.90 Å². The number of likely N-dealkylation sites (N-methyl/N-ethyl adjacent to an activating group) is 2. The van der Waals surface area contributed by atoms with E-state index in [9.17, 15) is 9.59 Å². The summed E-state index contributed by atoms with van der Waals surface area (Å²) in [6.45, 7) is 5.35. The summed E-state index contributed by atoms with van der Waals surface area (Å²) in [6, 6.07) is 7.39. The van der Waals surface area contributed by atoms with E-state index < -0.39 is 0 Å². The van der Waals surface area contributed by atoms with Crippen molar-refractivity contribution >= 4 is 23.2 Å². The van der Waals surface area contributed by atoms with Crippen molar-refractivity contribution in [2.24, 2.45) is 5.10 Å². The summed E-state index contributed by atoms with van der Waals surface area (Å²) in [4.78, 5) is 27.4. The molecule has 0 bridgehead atoms. The van der Waals surface area contributed by atoms with Gasteiger partial charge in [-0.1, -0.05) is 0 Å². The van der Waals surface area contributed by atoms with Crippen LogP contribution in [0.25, 0.3) is 0 Å². The Morgan fingerprint density at radius 3 is 2.35 bits per heavy atom.